The molecule has 1 heterocycles. The zero-order chi connectivity index (χ0) is 20.1. The normalized spacial score (nSPS) is 13.5. The van der Waals surface area contributed by atoms with Crippen LogP contribution in [0.4, 0.5) is 10.1 Å². The third-order valence-corrected chi connectivity index (χ3v) is 4.65. The lowest BCUT2D eigenvalue weighted by molar-refractivity contribution is -0.129. The van der Waals surface area contributed by atoms with E-state index in [9.17, 15) is 18.8 Å². The second-order valence-corrected chi connectivity index (χ2v) is 6.76. The summed E-state index contributed by atoms with van der Waals surface area (Å²) in [4.78, 5) is 39.4. The van der Waals surface area contributed by atoms with Crippen molar-refractivity contribution in [3.8, 4) is 0 Å². The molecule has 6 nitrogen and oxygen atoms in total. The maximum atomic E-state index is 13.2. The van der Waals surface area contributed by atoms with Crippen LogP contribution in [0.15, 0.2) is 48.5 Å². The van der Waals surface area contributed by atoms with Crippen molar-refractivity contribution in [2.24, 2.45) is 0 Å². The maximum absolute atomic E-state index is 13.2. The molecule has 0 bridgehead atoms. The molecular formula is C21H22FN3O3. The summed E-state index contributed by atoms with van der Waals surface area (Å²) < 4.78 is 13.2. The number of carbonyl (C=O) groups excluding carboxylic acids is 3. The first kappa shape index (κ1) is 19.5. The van der Waals surface area contributed by atoms with E-state index in [1.807, 2.05) is 0 Å². The van der Waals surface area contributed by atoms with Crippen LogP contribution in [0.5, 0.6) is 0 Å². The fourth-order valence-electron chi connectivity index (χ4n) is 3.10. The van der Waals surface area contributed by atoms with E-state index in [1.54, 1.807) is 48.3 Å². The van der Waals surface area contributed by atoms with E-state index in [0.717, 1.165) is 12.1 Å². The minimum Gasteiger partial charge on any atom is -0.343 e. The molecule has 28 heavy (non-hydrogen) atoms. The zero-order valence-corrected chi connectivity index (χ0v) is 15.7. The summed E-state index contributed by atoms with van der Waals surface area (Å²) >= 11 is 0. The number of hydrogen-bond acceptors (Lipinski definition) is 3. The summed E-state index contributed by atoms with van der Waals surface area (Å²) in [5, 5.41) is 2.59. The number of nitrogens with one attached hydrogen (secondary N) is 1. The third-order valence-electron chi connectivity index (χ3n) is 4.65. The fraction of sp³-hybridized carbons (Fsp3) is 0.286. The lowest BCUT2D eigenvalue weighted by Crippen LogP contribution is -2.37. The summed E-state index contributed by atoms with van der Waals surface area (Å²) in [5.74, 6) is -0.918. The van der Waals surface area contributed by atoms with Crippen LogP contribution in [0.2, 0.25) is 0 Å². The van der Waals surface area contributed by atoms with Gasteiger partial charge in [0.2, 0.25) is 11.8 Å². The van der Waals surface area contributed by atoms with Crippen molar-refractivity contribution in [1.82, 2.24) is 10.2 Å². The molecule has 3 rings (SSSR count). The molecule has 1 N–H and O–H groups in total. The first-order valence-corrected chi connectivity index (χ1v) is 9.11. The molecule has 0 radical (unpaired) electrons. The smallest absolute Gasteiger partial charge is 0.251 e. The molecule has 0 saturated carbocycles. The summed E-state index contributed by atoms with van der Waals surface area (Å²) in [6, 6.07) is 12.8. The SMILES string of the molecule is CN(Cc1cccc(F)c1)C(=O)CNC(=O)c1ccc(N2CCCC2=O)cc1. The lowest BCUT2D eigenvalue weighted by atomic mass is 10.2. The Balaban J connectivity index is 1.51. The Kier molecular flexibility index (Phi) is 6.03. The van der Waals surface area contributed by atoms with Crippen molar-refractivity contribution in [2.75, 3.05) is 25.0 Å². The number of amides is 3. The van der Waals surface area contributed by atoms with Crippen LogP contribution in [0.25, 0.3) is 0 Å². The Morgan fingerprint density at radius 2 is 1.93 bits per heavy atom. The molecule has 2 aromatic carbocycles. The van der Waals surface area contributed by atoms with Gasteiger partial charge in [0.25, 0.3) is 5.91 Å². The second-order valence-electron chi connectivity index (χ2n) is 6.76. The maximum Gasteiger partial charge on any atom is 0.251 e. The Morgan fingerprint density at radius 1 is 1.18 bits per heavy atom. The Labute approximate surface area is 162 Å². The highest BCUT2D eigenvalue weighted by Gasteiger charge is 2.21. The second kappa shape index (κ2) is 8.65. The topological polar surface area (TPSA) is 69.7 Å². The van der Waals surface area contributed by atoms with E-state index >= 15 is 0 Å². The van der Waals surface area contributed by atoms with Gasteiger partial charge in [-0.1, -0.05) is 12.1 Å². The molecule has 0 aromatic heterocycles. The zero-order valence-electron chi connectivity index (χ0n) is 15.7. The quantitative estimate of drug-likeness (QED) is 0.833. The van der Waals surface area contributed by atoms with Gasteiger partial charge in [-0.2, -0.15) is 0 Å². The Hall–Kier alpha value is -3.22. The van der Waals surface area contributed by atoms with Gasteiger partial charge in [-0.05, 0) is 48.4 Å². The highest BCUT2D eigenvalue weighted by Crippen LogP contribution is 2.21. The minimum atomic E-state index is -0.369. The molecule has 1 aliphatic heterocycles. The Morgan fingerprint density at radius 3 is 2.57 bits per heavy atom. The van der Waals surface area contributed by atoms with Crippen molar-refractivity contribution in [3.05, 3.63) is 65.5 Å². The highest BCUT2D eigenvalue weighted by molar-refractivity contribution is 5.98. The van der Waals surface area contributed by atoms with Gasteiger partial charge in [-0.3, -0.25) is 14.4 Å². The Bertz CT molecular complexity index is 883. The van der Waals surface area contributed by atoms with Gasteiger partial charge in [0.05, 0.1) is 6.54 Å². The molecule has 3 amide bonds. The average Bonchev–Trinajstić information content (AvgIpc) is 3.12. The summed E-state index contributed by atoms with van der Waals surface area (Å²) in [7, 11) is 1.60. The van der Waals surface area contributed by atoms with Gasteiger partial charge in [0.15, 0.2) is 0 Å². The first-order chi connectivity index (χ1) is 13.4. The minimum absolute atomic E-state index is 0.0872. The predicted octanol–water partition coefficient (Wildman–Crippen LogP) is 2.34. The van der Waals surface area contributed by atoms with Crippen molar-refractivity contribution in [3.63, 3.8) is 0 Å². The lowest BCUT2D eigenvalue weighted by Gasteiger charge is -2.18. The number of anilines is 1. The highest BCUT2D eigenvalue weighted by atomic mass is 19.1. The molecule has 146 valence electrons. The van der Waals surface area contributed by atoms with E-state index in [2.05, 4.69) is 5.32 Å². The van der Waals surface area contributed by atoms with Gasteiger partial charge in [-0.25, -0.2) is 4.39 Å². The van der Waals surface area contributed by atoms with Crippen LogP contribution in [-0.4, -0.2) is 42.8 Å². The van der Waals surface area contributed by atoms with E-state index in [4.69, 9.17) is 0 Å². The van der Waals surface area contributed by atoms with Crippen molar-refractivity contribution >= 4 is 23.4 Å². The van der Waals surface area contributed by atoms with E-state index in [-0.39, 0.29) is 36.6 Å². The number of halogens is 1. The van der Waals surface area contributed by atoms with Crippen LogP contribution < -0.4 is 10.2 Å². The largest absolute Gasteiger partial charge is 0.343 e. The fourth-order valence-corrected chi connectivity index (χ4v) is 3.10. The third kappa shape index (κ3) is 4.73. The molecule has 0 unspecified atom stereocenters. The number of likely N-dealkylation sites (N-methyl/N-ethyl adjacent to an activating group) is 1. The average molecular weight is 383 g/mol. The number of hydrogen-bond donors (Lipinski definition) is 1. The summed E-state index contributed by atoms with van der Waals surface area (Å²) in [6.07, 6.45) is 1.39. The molecule has 0 spiro atoms. The van der Waals surface area contributed by atoms with Crippen LogP contribution >= 0.6 is 0 Å². The number of rotatable bonds is 6. The van der Waals surface area contributed by atoms with Crippen LogP contribution in [0, 0.1) is 5.82 Å². The van der Waals surface area contributed by atoms with Gasteiger partial charge < -0.3 is 15.1 Å². The molecule has 7 heteroatoms. The van der Waals surface area contributed by atoms with Crippen LogP contribution in [-0.2, 0) is 16.1 Å². The van der Waals surface area contributed by atoms with E-state index < -0.39 is 0 Å². The van der Waals surface area contributed by atoms with E-state index in [1.165, 1.54) is 17.0 Å². The van der Waals surface area contributed by atoms with E-state index in [0.29, 0.717) is 24.1 Å². The first-order valence-electron chi connectivity index (χ1n) is 9.11. The standard InChI is InChI=1S/C21H22FN3O3/c1-24(14-15-4-2-5-17(22)12-15)20(27)13-23-21(28)16-7-9-18(10-8-16)25-11-3-6-19(25)26/h2,4-5,7-10,12H,3,6,11,13-14H2,1H3,(H,23,28). The van der Waals surface area contributed by atoms with Crippen molar-refractivity contribution in [1.29, 1.82) is 0 Å². The van der Waals surface area contributed by atoms with Crippen LogP contribution in [0.1, 0.15) is 28.8 Å². The van der Waals surface area contributed by atoms with Gasteiger partial charge >= 0.3 is 0 Å². The van der Waals surface area contributed by atoms with Gasteiger partial charge in [-0.15, -0.1) is 0 Å². The molecule has 2 aromatic rings. The van der Waals surface area contributed by atoms with Gasteiger partial charge in [0.1, 0.15) is 5.82 Å². The molecular weight excluding hydrogens is 361 g/mol. The number of benzene rings is 2. The van der Waals surface area contributed by atoms with Crippen molar-refractivity contribution < 1.29 is 18.8 Å². The van der Waals surface area contributed by atoms with Crippen molar-refractivity contribution in [2.45, 2.75) is 19.4 Å². The summed E-state index contributed by atoms with van der Waals surface area (Å²) in [5.41, 5.74) is 1.86. The molecule has 0 aliphatic carbocycles. The molecule has 1 fully saturated rings. The number of carbonyl (C=O) groups is 3. The monoisotopic (exact) mass is 383 g/mol. The predicted molar refractivity (Wildman–Crippen MR) is 103 cm³/mol. The van der Waals surface area contributed by atoms with Gasteiger partial charge in [0, 0.05) is 37.8 Å². The molecule has 1 saturated heterocycles. The van der Waals surface area contributed by atoms with Crippen LogP contribution in [0.3, 0.4) is 0 Å². The molecule has 1 aliphatic rings. The summed E-state index contributed by atoms with van der Waals surface area (Å²) in [6.45, 7) is 0.790. The number of nitrogens with zero attached hydrogens (tertiary/aromatic N) is 2. The molecule has 0 atom stereocenters.